The van der Waals surface area contributed by atoms with E-state index in [4.69, 9.17) is 4.74 Å². The highest BCUT2D eigenvalue weighted by Crippen LogP contribution is 2.49. The second-order valence-electron chi connectivity index (χ2n) is 7.18. The van der Waals surface area contributed by atoms with Crippen LogP contribution in [0.15, 0.2) is 42.0 Å². The van der Waals surface area contributed by atoms with Gasteiger partial charge < -0.3 is 14.7 Å². The molecule has 0 saturated carbocycles. The van der Waals surface area contributed by atoms with Crippen LogP contribution in [0.2, 0.25) is 0 Å². The van der Waals surface area contributed by atoms with Gasteiger partial charge in [-0.05, 0) is 11.6 Å². The maximum atomic E-state index is 12.9. The molecule has 4 heterocycles. The quantitative estimate of drug-likeness (QED) is 0.766. The van der Waals surface area contributed by atoms with Crippen LogP contribution in [-0.2, 0) is 11.2 Å². The molecule has 6 nitrogen and oxygen atoms in total. The van der Waals surface area contributed by atoms with E-state index in [9.17, 15) is 9.90 Å². The maximum absolute atomic E-state index is 12.9. The van der Waals surface area contributed by atoms with Gasteiger partial charge in [0.2, 0.25) is 5.91 Å². The van der Waals surface area contributed by atoms with Crippen molar-refractivity contribution in [2.75, 3.05) is 26.3 Å². The Morgan fingerprint density at radius 3 is 3.15 bits per heavy atom. The first-order chi connectivity index (χ1) is 12.7. The van der Waals surface area contributed by atoms with Crippen molar-refractivity contribution < 1.29 is 14.6 Å². The van der Waals surface area contributed by atoms with E-state index in [-0.39, 0.29) is 24.9 Å². The van der Waals surface area contributed by atoms with Crippen molar-refractivity contribution in [1.82, 2.24) is 14.3 Å². The number of amides is 1. The number of rotatable bonds is 3. The van der Waals surface area contributed by atoms with Crippen LogP contribution in [0.1, 0.15) is 17.2 Å². The Labute approximate surface area is 154 Å². The van der Waals surface area contributed by atoms with Crippen molar-refractivity contribution in [2.24, 2.45) is 5.41 Å². The fourth-order valence-electron chi connectivity index (χ4n) is 4.19. The van der Waals surface area contributed by atoms with Gasteiger partial charge in [0, 0.05) is 36.8 Å². The van der Waals surface area contributed by atoms with Crippen molar-refractivity contribution in [3.63, 3.8) is 0 Å². The Hall–Kier alpha value is -2.38. The number of aliphatic hydroxyl groups is 1. The third kappa shape index (κ3) is 2.34. The number of ether oxygens (including phenoxy) is 1. The fraction of sp³-hybridized carbons (Fsp3) is 0.368. The normalized spacial score (nSPS) is 24.3. The molecule has 5 rings (SSSR count). The van der Waals surface area contributed by atoms with Crippen LogP contribution in [0.4, 0.5) is 0 Å². The van der Waals surface area contributed by atoms with Gasteiger partial charge in [0.05, 0.1) is 30.7 Å². The van der Waals surface area contributed by atoms with E-state index >= 15 is 0 Å². The van der Waals surface area contributed by atoms with Crippen molar-refractivity contribution in [3.05, 3.63) is 53.3 Å². The molecule has 0 aliphatic carbocycles. The zero-order chi connectivity index (χ0) is 17.7. The summed E-state index contributed by atoms with van der Waals surface area (Å²) >= 11 is 1.56. The predicted octanol–water partition coefficient (Wildman–Crippen LogP) is 1.94. The molecule has 1 aromatic carbocycles. The first-order valence-corrected chi connectivity index (χ1v) is 9.58. The van der Waals surface area contributed by atoms with Crippen LogP contribution in [0.5, 0.6) is 5.75 Å². The molecular weight excluding hydrogens is 350 g/mol. The average molecular weight is 369 g/mol. The Morgan fingerprint density at radius 1 is 1.42 bits per heavy atom. The highest BCUT2D eigenvalue weighted by atomic mass is 32.1. The van der Waals surface area contributed by atoms with E-state index in [1.165, 1.54) is 0 Å². The van der Waals surface area contributed by atoms with Gasteiger partial charge in [0.15, 0.2) is 4.96 Å². The minimum atomic E-state index is -0.418. The van der Waals surface area contributed by atoms with Gasteiger partial charge in [-0.15, -0.1) is 11.3 Å². The molecule has 2 aliphatic heterocycles. The van der Waals surface area contributed by atoms with Crippen LogP contribution < -0.4 is 4.74 Å². The first-order valence-electron chi connectivity index (χ1n) is 8.70. The molecule has 0 bridgehead atoms. The number of carbonyl (C=O) groups excluding carboxylic acids is 1. The Bertz CT molecular complexity index is 953. The molecule has 2 atom stereocenters. The molecule has 0 spiro atoms. The summed E-state index contributed by atoms with van der Waals surface area (Å²) in [5.74, 6) is 1.02. The van der Waals surface area contributed by atoms with Gasteiger partial charge in [-0.1, -0.05) is 18.2 Å². The zero-order valence-corrected chi connectivity index (χ0v) is 15.0. The minimum absolute atomic E-state index is 0.00991. The van der Waals surface area contributed by atoms with E-state index in [0.717, 1.165) is 22.0 Å². The molecule has 1 N–H and O–H groups in total. The number of likely N-dealkylation sites (tertiary alicyclic amines) is 1. The van der Waals surface area contributed by atoms with Gasteiger partial charge in [-0.25, -0.2) is 4.98 Å². The van der Waals surface area contributed by atoms with Crippen molar-refractivity contribution in [3.8, 4) is 5.75 Å². The van der Waals surface area contributed by atoms with Crippen LogP contribution in [0, 0.1) is 5.41 Å². The number of thiazole rings is 1. The lowest BCUT2D eigenvalue weighted by Crippen LogP contribution is -2.42. The van der Waals surface area contributed by atoms with E-state index in [0.29, 0.717) is 19.7 Å². The minimum Gasteiger partial charge on any atom is -0.493 e. The second kappa shape index (κ2) is 5.82. The largest absolute Gasteiger partial charge is 0.493 e. The van der Waals surface area contributed by atoms with Gasteiger partial charge >= 0.3 is 0 Å². The van der Waals surface area contributed by atoms with Crippen LogP contribution in [-0.4, -0.2) is 51.6 Å². The average Bonchev–Trinajstić information content (AvgIpc) is 3.34. The number of fused-ring (bicyclic) bond motifs is 4. The van der Waals surface area contributed by atoms with Gasteiger partial charge in [-0.3, -0.25) is 9.20 Å². The summed E-state index contributed by atoms with van der Waals surface area (Å²) in [7, 11) is 0. The van der Waals surface area contributed by atoms with E-state index in [2.05, 4.69) is 4.98 Å². The Kier molecular flexibility index (Phi) is 3.55. The van der Waals surface area contributed by atoms with Crippen molar-refractivity contribution in [2.45, 2.75) is 12.3 Å². The smallest absolute Gasteiger partial charge is 0.228 e. The third-order valence-electron chi connectivity index (χ3n) is 5.60. The van der Waals surface area contributed by atoms with Crippen LogP contribution >= 0.6 is 11.3 Å². The highest BCUT2D eigenvalue weighted by molar-refractivity contribution is 7.15. The molecule has 3 aromatic rings. The number of benzene rings is 1. The molecule has 26 heavy (non-hydrogen) atoms. The number of hydrogen-bond acceptors (Lipinski definition) is 5. The molecule has 2 aromatic heterocycles. The summed E-state index contributed by atoms with van der Waals surface area (Å²) in [5, 5.41) is 12.1. The maximum Gasteiger partial charge on any atom is 0.228 e. The fourth-order valence-corrected chi connectivity index (χ4v) is 4.91. The number of para-hydroxylation sites is 1. The van der Waals surface area contributed by atoms with Crippen LogP contribution in [0.3, 0.4) is 0 Å². The molecule has 1 saturated heterocycles. The summed E-state index contributed by atoms with van der Waals surface area (Å²) in [6, 6.07) is 7.94. The molecule has 0 unspecified atom stereocenters. The third-order valence-corrected chi connectivity index (χ3v) is 6.37. The second-order valence-corrected chi connectivity index (χ2v) is 8.05. The summed E-state index contributed by atoms with van der Waals surface area (Å²) in [4.78, 5) is 20.2. The van der Waals surface area contributed by atoms with Crippen LogP contribution in [0.25, 0.3) is 4.96 Å². The molecule has 1 amide bonds. The summed E-state index contributed by atoms with van der Waals surface area (Å²) in [6.07, 6.45) is 4.14. The number of hydrogen-bond donors (Lipinski definition) is 1. The van der Waals surface area contributed by atoms with Gasteiger partial charge in [0.25, 0.3) is 0 Å². The Morgan fingerprint density at radius 2 is 2.31 bits per heavy atom. The summed E-state index contributed by atoms with van der Waals surface area (Å²) in [5.41, 5.74) is 1.45. The monoisotopic (exact) mass is 369 g/mol. The number of nitrogens with zero attached hydrogens (tertiary/aromatic N) is 3. The SMILES string of the molecule is O=C(Cc1cn2ccsc2n1)N1C[C@@H]2c3ccccc3OC[C@]2(CO)C1. The van der Waals surface area contributed by atoms with E-state index in [1.54, 1.807) is 11.3 Å². The molecule has 7 heteroatoms. The lowest BCUT2D eigenvalue weighted by Gasteiger charge is -2.37. The molecule has 0 radical (unpaired) electrons. The predicted molar refractivity (Wildman–Crippen MR) is 97.5 cm³/mol. The van der Waals surface area contributed by atoms with Gasteiger partial charge in [0.1, 0.15) is 5.75 Å². The topological polar surface area (TPSA) is 67.1 Å². The molecule has 1 fully saturated rings. The summed E-state index contributed by atoms with van der Waals surface area (Å²) in [6.45, 7) is 1.58. The summed E-state index contributed by atoms with van der Waals surface area (Å²) < 4.78 is 7.84. The number of aromatic nitrogens is 2. The molecular formula is C19H19N3O3S. The Balaban J connectivity index is 1.39. The number of imidazole rings is 1. The lowest BCUT2D eigenvalue weighted by molar-refractivity contribution is -0.130. The standard InChI is InChI=1S/C19H19N3O3S/c23-11-19-10-22(9-15(19)14-3-1-2-4-16(14)25-12-19)17(24)7-13-8-21-5-6-26-18(21)20-13/h1-6,8,15,23H,7,9-12H2/t15-,19-/m1/s1. The highest BCUT2D eigenvalue weighted by Gasteiger charge is 2.51. The zero-order valence-electron chi connectivity index (χ0n) is 14.2. The number of carbonyl (C=O) groups is 1. The lowest BCUT2D eigenvalue weighted by atomic mass is 9.74. The molecule has 2 aliphatic rings. The molecule has 134 valence electrons. The van der Waals surface area contributed by atoms with Crippen molar-refractivity contribution >= 4 is 22.2 Å². The van der Waals surface area contributed by atoms with Gasteiger partial charge in [-0.2, -0.15) is 0 Å². The number of aliphatic hydroxyl groups excluding tert-OH is 1. The first kappa shape index (κ1) is 15.8. The van der Waals surface area contributed by atoms with E-state index < -0.39 is 5.41 Å². The van der Waals surface area contributed by atoms with E-state index in [1.807, 2.05) is 51.3 Å². The van der Waals surface area contributed by atoms with Crippen molar-refractivity contribution in [1.29, 1.82) is 0 Å².